The highest BCUT2D eigenvalue weighted by Crippen LogP contribution is 2.39. The molecule has 0 bridgehead atoms. The van der Waals surface area contributed by atoms with Crippen LogP contribution in [0.25, 0.3) is 0 Å². The monoisotopic (exact) mass is 371 g/mol. The van der Waals surface area contributed by atoms with Crippen LogP contribution >= 0.6 is 0 Å². The summed E-state index contributed by atoms with van der Waals surface area (Å²) >= 11 is 0. The summed E-state index contributed by atoms with van der Waals surface area (Å²) in [5, 5.41) is 0. The zero-order chi connectivity index (χ0) is 19.9. The molecule has 0 spiro atoms. The number of carbonyl (C=O) groups excluding carboxylic acids is 1. The molecule has 0 N–H and O–H groups in total. The average molecular weight is 372 g/mol. The molecule has 0 amide bonds. The van der Waals surface area contributed by atoms with Gasteiger partial charge in [0.2, 0.25) is 0 Å². The molecule has 0 unspecified atom stereocenters. The van der Waals surface area contributed by atoms with Crippen LogP contribution < -0.4 is 0 Å². The first-order valence-electron chi connectivity index (χ1n) is 10.8. The fourth-order valence-electron chi connectivity index (χ4n) is 4.84. The summed E-state index contributed by atoms with van der Waals surface area (Å²) in [7, 11) is 0. The van der Waals surface area contributed by atoms with E-state index in [0.29, 0.717) is 30.0 Å². The van der Waals surface area contributed by atoms with Crippen LogP contribution in [0.1, 0.15) is 107 Å². The van der Waals surface area contributed by atoms with Crippen molar-refractivity contribution in [3.63, 3.8) is 0 Å². The minimum atomic E-state index is -0.00705. The van der Waals surface area contributed by atoms with Crippen molar-refractivity contribution in [1.29, 1.82) is 0 Å². The van der Waals surface area contributed by atoms with Crippen molar-refractivity contribution in [2.24, 2.45) is 0 Å². The summed E-state index contributed by atoms with van der Waals surface area (Å²) in [6.07, 6.45) is 1.72. The number of Topliss-reactive ketones (excluding diaryl/α,β-unsaturated/α-hetero) is 1. The zero-order valence-electron chi connectivity index (χ0n) is 18.2. The molecule has 2 heterocycles. The summed E-state index contributed by atoms with van der Waals surface area (Å²) in [6, 6.07) is 4.77. The van der Waals surface area contributed by atoms with Gasteiger partial charge in [-0.3, -0.25) is 9.69 Å². The van der Waals surface area contributed by atoms with E-state index in [0.717, 1.165) is 19.5 Å². The first-order chi connectivity index (χ1) is 12.7. The largest absolute Gasteiger partial charge is 0.368 e. The third kappa shape index (κ3) is 4.00. The molecule has 3 atom stereocenters. The summed E-state index contributed by atoms with van der Waals surface area (Å²) in [5.41, 5.74) is 5.58. The second-order valence-corrected chi connectivity index (χ2v) is 9.38. The molecule has 0 aromatic heterocycles. The number of ketones is 1. The van der Waals surface area contributed by atoms with Gasteiger partial charge in [-0.2, -0.15) is 0 Å². The maximum atomic E-state index is 12.3. The van der Waals surface area contributed by atoms with Crippen LogP contribution in [-0.2, 0) is 9.53 Å². The molecule has 0 aliphatic carbocycles. The number of hydrogen-bond donors (Lipinski definition) is 0. The lowest BCUT2D eigenvalue weighted by Gasteiger charge is -2.29. The molecule has 2 fully saturated rings. The van der Waals surface area contributed by atoms with Gasteiger partial charge in [0, 0.05) is 19.5 Å². The number of fused-ring (bicyclic) bond motifs is 1. The minimum Gasteiger partial charge on any atom is -0.368 e. The predicted octanol–water partition coefficient (Wildman–Crippen LogP) is 5.55. The van der Waals surface area contributed by atoms with Gasteiger partial charge in [0.15, 0.2) is 5.78 Å². The Morgan fingerprint density at radius 2 is 1.52 bits per heavy atom. The number of nitrogens with zero attached hydrogens (tertiary/aromatic N) is 1. The highest BCUT2D eigenvalue weighted by Gasteiger charge is 2.44. The van der Waals surface area contributed by atoms with E-state index in [1.54, 1.807) is 0 Å². The van der Waals surface area contributed by atoms with Crippen molar-refractivity contribution in [2.45, 2.75) is 97.3 Å². The van der Waals surface area contributed by atoms with Crippen LogP contribution in [0.4, 0.5) is 0 Å². The fraction of sp³-hybridized carbons (Fsp3) is 0.708. The molecular weight excluding hydrogens is 334 g/mol. The van der Waals surface area contributed by atoms with Crippen molar-refractivity contribution in [2.75, 3.05) is 13.1 Å². The maximum absolute atomic E-state index is 12.3. The number of rotatable bonds is 6. The Labute approximate surface area is 165 Å². The zero-order valence-corrected chi connectivity index (χ0v) is 18.2. The highest BCUT2D eigenvalue weighted by molar-refractivity contribution is 5.87. The molecule has 27 heavy (non-hydrogen) atoms. The Hall–Kier alpha value is -1.19. The molecule has 2 aliphatic rings. The van der Waals surface area contributed by atoms with Crippen molar-refractivity contribution in [3.05, 3.63) is 34.4 Å². The third-order valence-corrected chi connectivity index (χ3v) is 6.38. The lowest BCUT2D eigenvalue weighted by atomic mass is 9.82. The van der Waals surface area contributed by atoms with Gasteiger partial charge in [0.1, 0.15) is 0 Å². The Kier molecular flexibility index (Phi) is 6.12. The van der Waals surface area contributed by atoms with Crippen LogP contribution in [-0.4, -0.2) is 35.9 Å². The first-order valence-corrected chi connectivity index (χ1v) is 10.8. The van der Waals surface area contributed by atoms with Gasteiger partial charge in [-0.05, 0) is 53.4 Å². The molecule has 1 aromatic carbocycles. The van der Waals surface area contributed by atoms with E-state index >= 15 is 0 Å². The summed E-state index contributed by atoms with van der Waals surface area (Å²) in [4.78, 5) is 14.6. The van der Waals surface area contributed by atoms with E-state index in [1.807, 2.05) is 0 Å². The second-order valence-electron chi connectivity index (χ2n) is 9.38. The Bertz CT molecular complexity index is 663. The van der Waals surface area contributed by atoms with Crippen molar-refractivity contribution >= 4 is 5.78 Å². The Morgan fingerprint density at radius 3 is 2.04 bits per heavy atom. The molecule has 3 rings (SSSR count). The quantitative estimate of drug-likeness (QED) is 0.656. The van der Waals surface area contributed by atoms with Crippen LogP contribution in [0.5, 0.6) is 0 Å². The van der Waals surface area contributed by atoms with Gasteiger partial charge in [-0.1, -0.05) is 53.7 Å². The molecule has 2 saturated heterocycles. The molecule has 2 aliphatic heterocycles. The minimum absolute atomic E-state index is 0.00705. The van der Waals surface area contributed by atoms with Crippen molar-refractivity contribution in [1.82, 2.24) is 4.90 Å². The summed E-state index contributed by atoms with van der Waals surface area (Å²) in [5.74, 6) is 1.80. The Morgan fingerprint density at radius 1 is 0.926 bits per heavy atom. The van der Waals surface area contributed by atoms with Gasteiger partial charge < -0.3 is 4.74 Å². The number of carbonyl (C=O) groups is 1. The fourth-order valence-corrected chi connectivity index (χ4v) is 4.84. The van der Waals surface area contributed by atoms with Gasteiger partial charge in [-0.15, -0.1) is 0 Å². The highest BCUT2D eigenvalue weighted by atomic mass is 16.5. The van der Waals surface area contributed by atoms with Crippen molar-refractivity contribution < 1.29 is 9.53 Å². The van der Waals surface area contributed by atoms with Gasteiger partial charge in [0.25, 0.3) is 0 Å². The average Bonchev–Trinajstić information content (AvgIpc) is 3.17. The van der Waals surface area contributed by atoms with Crippen LogP contribution in [0.3, 0.4) is 0 Å². The van der Waals surface area contributed by atoms with Gasteiger partial charge in [0.05, 0.1) is 18.2 Å². The standard InChI is InChI=1S/C24H37NO2/c1-14(2)18-12-19(15(3)4)23(20(13-18)16(5)6)17(7)27-22-9-11-25-10-8-21(26)24(22)25/h12-17,22,24H,8-11H2,1-7H3/t17-,22+,24+/m0/s1. The topological polar surface area (TPSA) is 29.5 Å². The van der Waals surface area contributed by atoms with E-state index in [4.69, 9.17) is 4.74 Å². The lowest BCUT2D eigenvalue weighted by Crippen LogP contribution is -2.36. The number of benzene rings is 1. The third-order valence-electron chi connectivity index (χ3n) is 6.38. The number of ether oxygens (including phenoxy) is 1. The SMILES string of the molecule is CC(C)c1cc(C(C)C)c([C@H](C)O[C@@H]2CCN3CCC(=O)[C@H]23)c(C(C)C)c1. The normalized spacial score (nSPS) is 24.4. The van der Waals surface area contributed by atoms with Crippen molar-refractivity contribution in [3.8, 4) is 0 Å². The van der Waals surface area contributed by atoms with E-state index in [2.05, 4.69) is 65.5 Å². The summed E-state index contributed by atoms with van der Waals surface area (Å²) in [6.45, 7) is 17.7. The smallest absolute Gasteiger partial charge is 0.153 e. The molecule has 1 aromatic rings. The number of hydrogen-bond acceptors (Lipinski definition) is 3. The Balaban J connectivity index is 1.95. The second kappa shape index (κ2) is 8.05. The van der Waals surface area contributed by atoms with Gasteiger partial charge >= 0.3 is 0 Å². The lowest BCUT2D eigenvalue weighted by molar-refractivity contribution is -0.124. The van der Waals surface area contributed by atoms with E-state index in [-0.39, 0.29) is 18.2 Å². The summed E-state index contributed by atoms with van der Waals surface area (Å²) < 4.78 is 6.60. The van der Waals surface area contributed by atoms with Crippen LogP contribution in [0.15, 0.2) is 12.1 Å². The molecule has 3 nitrogen and oxygen atoms in total. The van der Waals surface area contributed by atoms with E-state index in [9.17, 15) is 4.79 Å². The maximum Gasteiger partial charge on any atom is 0.153 e. The molecule has 0 saturated carbocycles. The van der Waals surface area contributed by atoms with Crippen LogP contribution in [0, 0.1) is 0 Å². The van der Waals surface area contributed by atoms with E-state index in [1.165, 1.54) is 22.3 Å². The van der Waals surface area contributed by atoms with Gasteiger partial charge in [-0.25, -0.2) is 0 Å². The molecule has 150 valence electrons. The van der Waals surface area contributed by atoms with E-state index < -0.39 is 0 Å². The molecule has 3 heteroatoms. The first kappa shape index (κ1) is 20.5. The molecular formula is C24H37NO2. The predicted molar refractivity (Wildman–Crippen MR) is 112 cm³/mol. The molecule has 0 radical (unpaired) electrons. The van der Waals surface area contributed by atoms with Crippen LogP contribution in [0.2, 0.25) is 0 Å².